The maximum atomic E-state index is 6.22. The minimum absolute atomic E-state index is 0.141. The lowest BCUT2D eigenvalue weighted by molar-refractivity contribution is -0.00461. The zero-order chi connectivity index (χ0) is 14.0. The van der Waals surface area contributed by atoms with E-state index in [2.05, 4.69) is 18.7 Å². The van der Waals surface area contributed by atoms with Gasteiger partial charge in [-0.1, -0.05) is 20.3 Å². The highest BCUT2D eigenvalue weighted by Gasteiger charge is 2.49. The van der Waals surface area contributed by atoms with Crippen molar-refractivity contribution in [1.82, 2.24) is 4.90 Å². The number of likely N-dealkylation sites (tertiary alicyclic amines) is 1. The first kappa shape index (κ1) is 15.2. The minimum Gasteiger partial charge on any atom is -0.377 e. The van der Waals surface area contributed by atoms with E-state index in [1.54, 1.807) is 14.2 Å². The zero-order valence-corrected chi connectivity index (χ0v) is 12.9. The van der Waals surface area contributed by atoms with Crippen LogP contribution in [-0.2, 0) is 9.47 Å². The first-order valence-electron chi connectivity index (χ1n) is 7.58. The highest BCUT2D eigenvalue weighted by atomic mass is 16.5. The van der Waals surface area contributed by atoms with Gasteiger partial charge in [-0.15, -0.1) is 0 Å². The number of rotatable bonds is 4. The van der Waals surface area contributed by atoms with E-state index in [4.69, 9.17) is 15.2 Å². The van der Waals surface area contributed by atoms with Gasteiger partial charge in [-0.3, -0.25) is 4.90 Å². The Bertz CT molecular complexity index is 288. The maximum absolute atomic E-state index is 6.22. The Morgan fingerprint density at radius 2 is 1.68 bits per heavy atom. The van der Waals surface area contributed by atoms with Gasteiger partial charge < -0.3 is 15.2 Å². The van der Waals surface area contributed by atoms with Gasteiger partial charge in [-0.05, 0) is 24.7 Å². The van der Waals surface area contributed by atoms with E-state index in [1.165, 1.54) is 19.3 Å². The third kappa shape index (κ3) is 2.68. The van der Waals surface area contributed by atoms with Crippen LogP contribution in [-0.4, -0.2) is 56.5 Å². The van der Waals surface area contributed by atoms with Crippen LogP contribution >= 0.6 is 0 Å². The molecular formula is C15H30N2O2. The van der Waals surface area contributed by atoms with Crippen LogP contribution in [0.1, 0.15) is 33.1 Å². The summed E-state index contributed by atoms with van der Waals surface area (Å²) in [6, 6.07) is 0. The van der Waals surface area contributed by atoms with Crippen molar-refractivity contribution >= 4 is 0 Å². The van der Waals surface area contributed by atoms with Gasteiger partial charge in [0, 0.05) is 39.4 Å². The third-order valence-corrected chi connectivity index (χ3v) is 5.52. The Balaban J connectivity index is 2.17. The molecule has 0 radical (unpaired) electrons. The Hall–Kier alpha value is -0.160. The molecule has 0 aromatic rings. The van der Waals surface area contributed by atoms with E-state index in [0.29, 0.717) is 5.92 Å². The van der Waals surface area contributed by atoms with Crippen molar-refractivity contribution in [1.29, 1.82) is 0 Å². The first-order valence-corrected chi connectivity index (χ1v) is 7.58. The molecule has 0 amide bonds. The van der Waals surface area contributed by atoms with Gasteiger partial charge in [0.15, 0.2) is 0 Å². The lowest BCUT2D eigenvalue weighted by Crippen LogP contribution is -2.60. The Kier molecular flexibility index (Phi) is 4.88. The molecule has 5 atom stereocenters. The third-order valence-electron chi connectivity index (χ3n) is 5.52. The topological polar surface area (TPSA) is 47.7 Å². The van der Waals surface area contributed by atoms with E-state index < -0.39 is 0 Å². The second kappa shape index (κ2) is 6.08. The van der Waals surface area contributed by atoms with Crippen LogP contribution in [0.2, 0.25) is 0 Å². The predicted molar refractivity (Wildman–Crippen MR) is 77.1 cm³/mol. The molecular weight excluding hydrogens is 240 g/mol. The van der Waals surface area contributed by atoms with E-state index in [9.17, 15) is 0 Å². The van der Waals surface area contributed by atoms with Gasteiger partial charge in [0.1, 0.15) is 0 Å². The van der Waals surface area contributed by atoms with Crippen LogP contribution in [0.15, 0.2) is 0 Å². The summed E-state index contributed by atoms with van der Waals surface area (Å²) in [5.74, 6) is 1.42. The summed E-state index contributed by atoms with van der Waals surface area (Å²) in [5.41, 5.74) is 6.36. The van der Waals surface area contributed by atoms with Crippen LogP contribution < -0.4 is 5.73 Å². The number of hydrogen-bond donors (Lipinski definition) is 1. The van der Waals surface area contributed by atoms with Crippen molar-refractivity contribution in [2.45, 2.75) is 50.9 Å². The fourth-order valence-corrected chi connectivity index (χ4v) is 4.12. The lowest BCUT2D eigenvalue weighted by atomic mass is 9.68. The predicted octanol–water partition coefficient (Wildman–Crippen LogP) is 1.49. The maximum Gasteiger partial charge on any atom is 0.0972 e. The van der Waals surface area contributed by atoms with Gasteiger partial charge >= 0.3 is 0 Å². The second-order valence-electron chi connectivity index (χ2n) is 6.55. The van der Waals surface area contributed by atoms with Crippen molar-refractivity contribution in [3.8, 4) is 0 Å². The van der Waals surface area contributed by atoms with Crippen LogP contribution in [0.3, 0.4) is 0 Å². The summed E-state index contributed by atoms with van der Waals surface area (Å²) in [5, 5.41) is 0. The summed E-state index contributed by atoms with van der Waals surface area (Å²) in [4.78, 5) is 2.55. The number of nitrogens with zero attached hydrogens (tertiary/aromatic N) is 1. The molecule has 2 fully saturated rings. The van der Waals surface area contributed by atoms with Crippen LogP contribution in [0.5, 0.6) is 0 Å². The molecule has 1 saturated carbocycles. The lowest BCUT2D eigenvalue weighted by Gasteiger charge is -2.50. The second-order valence-corrected chi connectivity index (χ2v) is 6.55. The van der Waals surface area contributed by atoms with Crippen molar-refractivity contribution in [2.75, 3.05) is 33.9 Å². The number of methoxy groups -OCH3 is 2. The molecule has 1 heterocycles. The van der Waals surface area contributed by atoms with E-state index in [-0.39, 0.29) is 17.7 Å². The smallest absolute Gasteiger partial charge is 0.0972 e. The fourth-order valence-electron chi connectivity index (χ4n) is 4.12. The van der Waals surface area contributed by atoms with Crippen molar-refractivity contribution < 1.29 is 9.47 Å². The normalized spacial score (nSPS) is 44.7. The standard InChI is InChI=1S/C15H30N2O2/c1-11-5-6-12(2)15(7-11,10-16)17-8-13(18-3)14(9-17)19-4/h11-14H,5-10,16H2,1-4H3. The minimum atomic E-state index is 0.141. The Labute approximate surface area is 117 Å². The summed E-state index contributed by atoms with van der Waals surface area (Å²) in [6.45, 7) is 7.35. The monoisotopic (exact) mass is 270 g/mol. The summed E-state index contributed by atoms with van der Waals surface area (Å²) in [7, 11) is 3.56. The van der Waals surface area contributed by atoms with Crippen LogP contribution in [0.25, 0.3) is 0 Å². The Morgan fingerprint density at radius 1 is 1.11 bits per heavy atom. The molecule has 2 aliphatic rings. The average Bonchev–Trinajstić information content (AvgIpc) is 2.85. The van der Waals surface area contributed by atoms with E-state index in [1.807, 2.05) is 0 Å². The number of hydrogen-bond acceptors (Lipinski definition) is 4. The molecule has 5 unspecified atom stereocenters. The molecule has 2 N–H and O–H groups in total. The summed E-state index contributed by atoms with van der Waals surface area (Å²) >= 11 is 0. The zero-order valence-electron chi connectivity index (χ0n) is 12.9. The Morgan fingerprint density at radius 3 is 2.16 bits per heavy atom. The molecule has 2 rings (SSSR count). The molecule has 1 aliphatic carbocycles. The molecule has 0 aromatic heterocycles. The highest BCUT2D eigenvalue weighted by molar-refractivity contribution is 5.04. The molecule has 4 heteroatoms. The van der Waals surface area contributed by atoms with Crippen LogP contribution in [0, 0.1) is 11.8 Å². The average molecular weight is 270 g/mol. The van der Waals surface area contributed by atoms with E-state index >= 15 is 0 Å². The number of nitrogens with two attached hydrogens (primary N) is 1. The molecule has 0 aromatic carbocycles. The molecule has 112 valence electrons. The van der Waals surface area contributed by atoms with E-state index in [0.717, 1.165) is 25.6 Å². The molecule has 1 aliphatic heterocycles. The van der Waals surface area contributed by atoms with Crippen molar-refractivity contribution in [3.05, 3.63) is 0 Å². The molecule has 0 spiro atoms. The SMILES string of the molecule is COC1CN(C2(CN)CC(C)CCC2C)CC1OC. The van der Waals surface area contributed by atoms with Crippen LogP contribution in [0.4, 0.5) is 0 Å². The largest absolute Gasteiger partial charge is 0.377 e. The van der Waals surface area contributed by atoms with Crippen molar-refractivity contribution in [2.24, 2.45) is 17.6 Å². The van der Waals surface area contributed by atoms with Gasteiger partial charge in [-0.2, -0.15) is 0 Å². The first-order chi connectivity index (χ1) is 9.07. The van der Waals surface area contributed by atoms with Gasteiger partial charge in [-0.25, -0.2) is 0 Å². The molecule has 1 saturated heterocycles. The fraction of sp³-hybridized carbons (Fsp3) is 1.00. The van der Waals surface area contributed by atoms with Crippen molar-refractivity contribution in [3.63, 3.8) is 0 Å². The van der Waals surface area contributed by atoms with Gasteiger partial charge in [0.2, 0.25) is 0 Å². The number of ether oxygens (including phenoxy) is 2. The summed E-state index contributed by atoms with van der Waals surface area (Å²) in [6.07, 6.45) is 4.18. The molecule has 19 heavy (non-hydrogen) atoms. The summed E-state index contributed by atoms with van der Waals surface area (Å²) < 4.78 is 11.2. The van der Waals surface area contributed by atoms with Gasteiger partial charge in [0.25, 0.3) is 0 Å². The molecule has 0 bridgehead atoms. The van der Waals surface area contributed by atoms with Gasteiger partial charge in [0.05, 0.1) is 12.2 Å². The molecule has 4 nitrogen and oxygen atoms in total. The quantitative estimate of drug-likeness (QED) is 0.841. The highest BCUT2D eigenvalue weighted by Crippen LogP contribution is 2.42.